The van der Waals surface area contributed by atoms with Gasteiger partial charge in [-0.15, -0.1) is 11.8 Å². The first-order chi connectivity index (χ1) is 26.7. The summed E-state index contributed by atoms with van der Waals surface area (Å²) in [4.78, 5) is 1.27. The Hall–Kier alpha value is -6.29. The quantitative estimate of drug-likeness (QED) is 0.178. The number of benzene rings is 7. The SMILES string of the molecule is C=C1/C=C\C=C/CSc2cc3c4cc(-c5ccc(-n6c7ccccc7c7cc8c(cc76)-c6ccccc6CC8)cc5)ccc4n(-c4ccccc4)c3cc21. The molecule has 9 aromatic rings. The first kappa shape index (κ1) is 31.3. The van der Waals surface area contributed by atoms with E-state index in [1.807, 2.05) is 11.8 Å². The lowest BCUT2D eigenvalue weighted by Gasteiger charge is -2.20. The van der Waals surface area contributed by atoms with Gasteiger partial charge in [0.05, 0.1) is 22.1 Å². The van der Waals surface area contributed by atoms with Crippen LogP contribution in [0.2, 0.25) is 0 Å². The van der Waals surface area contributed by atoms with Crippen molar-refractivity contribution in [3.8, 4) is 33.6 Å². The van der Waals surface area contributed by atoms with Crippen LogP contribution in [0, 0.1) is 0 Å². The predicted molar refractivity (Wildman–Crippen MR) is 231 cm³/mol. The highest BCUT2D eigenvalue weighted by Crippen LogP contribution is 2.43. The van der Waals surface area contributed by atoms with Gasteiger partial charge in [0.1, 0.15) is 0 Å². The number of rotatable bonds is 3. The monoisotopic (exact) mass is 708 g/mol. The molecule has 1 aliphatic heterocycles. The normalized spacial score (nSPS) is 15.1. The van der Waals surface area contributed by atoms with Crippen molar-refractivity contribution in [2.24, 2.45) is 0 Å². The molecule has 256 valence electrons. The molecule has 0 fully saturated rings. The maximum atomic E-state index is 4.46. The Labute approximate surface area is 319 Å². The highest BCUT2D eigenvalue weighted by molar-refractivity contribution is 7.99. The van der Waals surface area contributed by atoms with E-state index in [4.69, 9.17) is 0 Å². The van der Waals surface area contributed by atoms with E-state index in [0.29, 0.717) is 0 Å². The summed E-state index contributed by atoms with van der Waals surface area (Å²) in [6.45, 7) is 4.46. The summed E-state index contributed by atoms with van der Waals surface area (Å²) in [5.74, 6) is 0.923. The fraction of sp³-hybridized carbons (Fsp3) is 0.0588. The summed E-state index contributed by atoms with van der Waals surface area (Å²) in [7, 11) is 0. The molecule has 0 unspecified atom stereocenters. The second kappa shape index (κ2) is 12.4. The van der Waals surface area contributed by atoms with Gasteiger partial charge >= 0.3 is 0 Å². The minimum atomic E-state index is 0.923. The average molecular weight is 709 g/mol. The Bertz CT molecular complexity index is 3040. The van der Waals surface area contributed by atoms with E-state index < -0.39 is 0 Å². The Morgan fingerprint density at radius 1 is 0.463 bits per heavy atom. The smallest absolute Gasteiger partial charge is 0.0548 e. The first-order valence-electron chi connectivity index (χ1n) is 18.8. The summed E-state index contributed by atoms with van der Waals surface area (Å²) in [5.41, 5.74) is 17.5. The van der Waals surface area contributed by atoms with Crippen LogP contribution in [-0.4, -0.2) is 14.9 Å². The Kier molecular flexibility index (Phi) is 7.18. The standard InChI is InChI=1S/C51H36N2S/c1-33-12-4-3-11-27-54-51-32-46-45-28-36(23-26-48(45)52(49(46)30-42(33)51)38-14-5-2-6-15-38)34-21-24-39(25-22-34)53-47-18-10-9-17-41(47)44-29-37-20-19-35-13-7-8-16-40(35)43(37)31-50(44)53/h2-18,21-26,28-32H,1,19-20,27H2/b11-3-,12-4-. The number of fused-ring (bicyclic) bond motifs is 10. The third-order valence-corrected chi connectivity index (χ3v) is 12.4. The maximum Gasteiger partial charge on any atom is 0.0548 e. The molecule has 0 saturated carbocycles. The van der Waals surface area contributed by atoms with E-state index in [2.05, 4.69) is 186 Å². The number of para-hydroxylation sites is 2. The molecule has 0 saturated heterocycles. The second-order valence-corrected chi connectivity index (χ2v) is 15.5. The van der Waals surface area contributed by atoms with Crippen LogP contribution in [0.1, 0.15) is 16.7 Å². The molecule has 7 aromatic carbocycles. The molecule has 2 aromatic heterocycles. The molecule has 3 heteroatoms. The van der Waals surface area contributed by atoms with Crippen LogP contribution >= 0.6 is 11.8 Å². The van der Waals surface area contributed by atoms with Crippen molar-refractivity contribution in [2.45, 2.75) is 17.7 Å². The zero-order chi connectivity index (χ0) is 35.8. The number of thioether (sulfide) groups is 1. The molecule has 2 aliphatic rings. The average Bonchev–Trinajstić information content (AvgIpc) is 3.74. The highest BCUT2D eigenvalue weighted by Gasteiger charge is 2.21. The molecule has 2 nitrogen and oxygen atoms in total. The molecule has 0 atom stereocenters. The van der Waals surface area contributed by atoms with Gasteiger partial charge in [0.2, 0.25) is 0 Å². The van der Waals surface area contributed by atoms with E-state index in [1.54, 1.807) is 0 Å². The molecule has 0 amide bonds. The number of hydrogen-bond acceptors (Lipinski definition) is 1. The second-order valence-electron chi connectivity index (χ2n) is 14.5. The molecular formula is C51H36N2S. The Balaban J connectivity index is 1.06. The summed E-state index contributed by atoms with van der Waals surface area (Å²) in [5, 5.41) is 5.14. The van der Waals surface area contributed by atoms with Crippen molar-refractivity contribution in [3.63, 3.8) is 0 Å². The topological polar surface area (TPSA) is 9.86 Å². The minimum Gasteiger partial charge on any atom is -0.309 e. The van der Waals surface area contributed by atoms with Crippen LogP contribution < -0.4 is 0 Å². The van der Waals surface area contributed by atoms with Gasteiger partial charge in [-0.25, -0.2) is 0 Å². The molecule has 0 bridgehead atoms. The van der Waals surface area contributed by atoms with Gasteiger partial charge in [-0.2, -0.15) is 0 Å². The van der Waals surface area contributed by atoms with Crippen molar-refractivity contribution in [1.29, 1.82) is 0 Å². The first-order valence-corrected chi connectivity index (χ1v) is 19.8. The van der Waals surface area contributed by atoms with Crippen molar-refractivity contribution in [2.75, 3.05) is 5.75 Å². The van der Waals surface area contributed by atoms with Crippen molar-refractivity contribution in [1.82, 2.24) is 9.13 Å². The molecule has 0 spiro atoms. The molecule has 0 N–H and O–H groups in total. The molecule has 54 heavy (non-hydrogen) atoms. The molecule has 1 aliphatic carbocycles. The summed E-state index contributed by atoms with van der Waals surface area (Å²) < 4.78 is 4.86. The van der Waals surface area contributed by atoms with Gasteiger partial charge in [-0.05, 0) is 124 Å². The van der Waals surface area contributed by atoms with E-state index in [0.717, 1.165) is 29.9 Å². The molecule has 3 heterocycles. The van der Waals surface area contributed by atoms with Gasteiger partial charge in [0, 0.05) is 43.6 Å². The van der Waals surface area contributed by atoms with E-state index in [1.165, 1.54) is 93.1 Å². The van der Waals surface area contributed by atoms with Gasteiger partial charge in [0.25, 0.3) is 0 Å². The molecular weight excluding hydrogens is 673 g/mol. The van der Waals surface area contributed by atoms with Crippen LogP contribution in [0.15, 0.2) is 181 Å². The van der Waals surface area contributed by atoms with Gasteiger partial charge in [-0.3, -0.25) is 0 Å². The van der Waals surface area contributed by atoms with Crippen LogP contribution in [0.25, 0.3) is 82.8 Å². The largest absolute Gasteiger partial charge is 0.309 e. The zero-order valence-electron chi connectivity index (χ0n) is 29.8. The highest BCUT2D eigenvalue weighted by atomic mass is 32.2. The fourth-order valence-electron chi connectivity index (χ4n) is 8.85. The third kappa shape index (κ3) is 4.89. The summed E-state index contributed by atoms with van der Waals surface area (Å²) >= 11 is 1.88. The lowest BCUT2D eigenvalue weighted by Crippen LogP contribution is -2.04. The number of hydrogen-bond donors (Lipinski definition) is 0. The molecule has 11 rings (SSSR count). The van der Waals surface area contributed by atoms with Crippen LogP contribution in [-0.2, 0) is 12.8 Å². The van der Waals surface area contributed by atoms with Gasteiger partial charge in [-0.1, -0.05) is 110 Å². The zero-order valence-corrected chi connectivity index (χ0v) is 30.6. The number of nitrogens with zero attached hydrogens (tertiary/aromatic N) is 2. The van der Waals surface area contributed by atoms with E-state index in [-0.39, 0.29) is 0 Å². The van der Waals surface area contributed by atoms with Crippen LogP contribution in [0.5, 0.6) is 0 Å². The van der Waals surface area contributed by atoms with Crippen molar-refractivity contribution in [3.05, 3.63) is 193 Å². The molecule has 0 radical (unpaired) electrons. The maximum absolute atomic E-state index is 4.46. The number of aromatic nitrogens is 2. The van der Waals surface area contributed by atoms with Crippen molar-refractivity contribution >= 4 is 60.9 Å². The van der Waals surface area contributed by atoms with E-state index >= 15 is 0 Å². The van der Waals surface area contributed by atoms with Gasteiger partial charge < -0.3 is 9.13 Å². The van der Waals surface area contributed by atoms with Crippen LogP contribution in [0.3, 0.4) is 0 Å². The predicted octanol–water partition coefficient (Wildman–Crippen LogP) is 13.5. The van der Waals surface area contributed by atoms with Crippen molar-refractivity contribution < 1.29 is 0 Å². The Morgan fingerprint density at radius 3 is 2.00 bits per heavy atom. The number of aryl methyl sites for hydroxylation is 2. The minimum absolute atomic E-state index is 0.923. The third-order valence-electron chi connectivity index (χ3n) is 11.4. The van der Waals surface area contributed by atoms with E-state index in [9.17, 15) is 0 Å². The summed E-state index contributed by atoms with van der Waals surface area (Å²) in [6.07, 6.45) is 10.7. The Morgan fingerprint density at radius 2 is 1.13 bits per heavy atom. The van der Waals surface area contributed by atoms with Gasteiger partial charge in [0.15, 0.2) is 0 Å². The fourth-order valence-corrected chi connectivity index (χ4v) is 9.79. The number of allylic oxidation sites excluding steroid dienone is 4. The summed E-state index contributed by atoms with van der Waals surface area (Å²) in [6, 6.07) is 54.3. The lowest BCUT2D eigenvalue weighted by atomic mass is 9.85. The lowest BCUT2D eigenvalue weighted by molar-refractivity contribution is 0.944. The van der Waals surface area contributed by atoms with Crippen LogP contribution in [0.4, 0.5) is 0 Å².